The second-order valence-electron chi connectivity index (χ2n) is 3.26. The molecule has 0 bridgehead atoms. The number of Topliss-reactive ketones (excluding diaryl/α,β-unsaturated/α-hetero) is 1. The van der Waals surface area contributed by atoms with Crippen LogP contribution in [-0.4, -0.2) is 36.5 Å². The smallest absolute Gasteiger partial charge is 0.231 e. The zero-order valence-electron chi connectivity index (χ0n) is 7.59. The largest absolute Gasteiger partial charge is 0.382 e. The van der Waals surface area contributed by atoms with E-state index in [0.29, 0.717) is 12.8 Å². The monoisotopic (exact) mass is 174 g/mol. The van der Waals surface area contributed by atoms with Gasteiger partial charge in [-0.1, -0.05) is 0 Å². The highest BCUT2D eigenvalue weighted by Gasteiger charge is 2.54. The molecule has 1 rings (SSSR count). The molecule has 4 nitrogen and oxygen atoms in total. The third-order valence-corrected chi connectivity index (χ3v) is 2.44. The number of carbonyl (C=O) groups is 1. The molecule has 1 atom stereocenters. The van der Waals surface area contributed by atoms with Crippen LogP contribution in [0.25, 0.3) is 0 Å². The lowest BCUT2D eigenvalue weighted by Gasteiger charge is -2.25. The van der Waals surface area contributed by atoms with Gasteiger partial charge in [0.15, 0.2) is 0 Å². The van der Waals surface area contributed by atoms with Crippen molar-refractivity contribution >= 4 is 5.78 Å². The first-order valence-corrected chi connectivity index (χ1v) is 3.86. The van der Waals surface area contributed by atoms with E-state index < -0.39 is 11.4 Å². The Hall–Kier alpha value is -0.450. The van der Waals surface area contributed by atoms with E-state index in [0.717, 1.165) is 0 Å². The Kier molecular flexibility index (Phi) is 2.25. The molecule has 1 aliphatic rings. The molecule has 4 heteroatoms. The molecular weight excluding hydrogens is 160 g/mol. The summed E-state index contributed by atoms with van der Waals surface area (Å²) in [4.78, 5) is 11.5. The van der Waals surface area contributed by atoms with Crippen LogP contribution >= 0.6 is 0 Å². The number of ether oxygens (including phenoxy) is 2. The van der Waals surface area contributed by atoms with E-state index in [4.69, 9.17) is 9.47 Å². The summed E-state index contributed by atoms with van der Waals surface area (Å²) in [5.41, 5.74) is -1.30. The summed E-state index contributed by atoms with van der Waals surface area (Å²) < 4.78 is 9.93. The Balaban J connectivity index is 2.91. The zero-order valence-corrected chi connectivity index (χ0v) is 7.59. The molecule has 0 heterocycles. The van der Waals surface area contributed by atoms with Crippen molar-refractivity contribution in [2.75, 3.05) is 14.2 Å². The molecule has 0 radical (unpaired) electrons. The van der Waals surface area contributed by atoms with Crippen LogP contribution in [0, 0.1) is 0 Å². The third kappa shape index (κ3) is 1.16. The van der Waals surface area contributed by atoms with E-state index in [9.17, 15) is 9.90 Å². The quantitative estimate of drug-likeness (QED) is 0.603. The molecule has 0 aromatic carbocycles. The maximum absolute atomic E-state index is 11.5. The standard InChI is InChI=1S/C8H14O4/c1-7(10)4-5-8(11-2,12-3)6(7)9/h10H,4-5H2,1-3H3/t7-/m0/s1. The summed E-state index contributed by atoms with van der Waals surface area (Å²) in [5.74, 6) is -1.61. The number of hydrogen-bond acceptors (Lipinski definition) is 4. The SMILES string of the molecule is COC1(OC)CC[C@](C)(O)C1=O. The van der Waals surface area contributed by atoms with Gasteiger partial charge in [0.25, 0.3) is 0 Å². The van der Waals surface area contributed by atoms with Gasteiger partial charge in [-0.2, -0.15) is 0 Å². The topological polar surface area (TPSA) is 55.8 Å². The predicted octanol–water partition coefficient (Wildman–Crippen LogP) is 0.0894. The van der Waals surface area contributed by atoms with Gasteiger partial charge in [0, 0.05) is 20.6 Å². The average molecular weight is 174 g/mol. The molecule has 70 valence electrons. The van der Waals surface area contributed by atoms with Crippen molar-refractivity contribution in [1.29, 1.82) is 0 Å². The highest BCUT2D eigenvalue weighted by atomic mass is 16.7. The Labute approximate surface area is 71.5 Å². The van der Waals surface area contributed by atoms with Crippen LogP contribution < -0.4 is 0 Å². The zero-order chi connectivity index (χ0) is 9.41. The van der Waals surface area contributed by atoms with Gasteiger partial charge in [0.2, 0.25) is 11.6 Å². The Morgan fingerprint density at radius 3 is 2.00 bits per heavy atom. The van der Waals surface area contributed by atoms with Crippen LogP contribution in [0.3, 0.4) is 0 Å². The molecule has 0 aromatic rings. The molecule has 1 N–H and O–H groups in total. The van der Waals surface area contributed by atoms with E-state index in [1.54, 1.807) is 0 Å². The first-order valence-electron chi connectivity index (χ1n) is 3.86. The van der Waals surface area contributed by atoms with Crippen molar-refractivity contribution in [2.45, 2.75) is 31.2 Å². The molecule has 0 amide bonds. The maximum Gasteiger partial charge on any atom is 0.231 e. The van der Waals surface area contributed by atoms with Crippen LogP contribution in [0.15, 0.2) is 0 Å². The van der Waals surface area contributed by atoms with Gasteiger partial charge in [-0.3, -0.25) is 4.79 Å². The van der Waals surface area contributed by atoms with E-state index in [2.05, 4.69) is 0 Å². The van der Waals surface area contributed by atoms with Gasteiger partial charge in [-0.05, 0) is 13.3 Å². The Morgan fingerprint density at radius 1 is 1.33 bits per heavy atom. The lowest BCUT2D eigenvalue weighted by molar-refractivity contribution is -0.205. The summed E-state index contributed by atoms with van der Waals surface area (Å²) >= 11 is 0. The number of carbonyl (C=O) groups excluding carboxylic acids is 1. The van der Waals surface area contributed by atoms with Crippen molar-refractivity contribution < 1.29 is 19.4 Å². The summed E-state index contributed by atoms with van der Waals surface area (Å²) in [6, 6.07) is 0. The van der Waals surface area contributed by atoms with Gasteiger partial charge >= 0.3 is 0 Å². The molecule has 0 aromatic heterocycles. The van der Waals surface area contributed by atoms with Crippen LogP contribution in [0.5, 0.6) is 0 Å². The molecule has 12 heavy (non-hydrogen) atoms. The Morgan fingerprint density at radius 2 is 1.83 bits per heavy atom. The highest BCUT2D eigenvalue weighted by molar-refractivity contribution is 5.95. The van der Waals surface area contributed by atoms with Gasteiger partial charge < -0.3 is 14.6 Å². The van der Waals surface area contributed by atoms with Crippen molar-refractivity contribution in [2.24, 2.45) is 0 Å². The van der Waals surface area contributed by atoms with Crippen molar-refractivity contribution in [3.63, 3.8) is 0 Å². The lowest BCUT2D eigenvalue weighted by atomic mass is 10.0. The molecule has 1 saturated carbocycles. The van der Waals surface area contributed by atoms with Crippen molar-refractivity contribution in [1.82, 2.24) is 0 Å². The number of aliphatic hydroxyl groups is 1. The summed E-state index contributed by atoms with van der Waals surface area (Å²) in [6.45, 7) is 1.48. The minimum atomic E-state index is -1.30. The molecule has 0 spiro atoms. The fourth-order valence-corrected chi connectivity index (χ4v) is 1.52. The van der Waals surface area contributed by atoms with Gasteiger partial charge in [-0.15, -0.1) is 0 Å². The first-order chi connectivity index (χ1) is 5.48. The van der Waals surface area contributed by atoms with Crippen LogP contribution in [0.1, 0.15) is 19.8 Å². The molecule has 1 aliphatic carbocycles. The fraction of sp³-hybridized carbons (Fsp3) is 0.875. The van der Waals surface area contributed by atoms with E-state index >= 15 is 0 Å². The normalized spacial score (nSPS) is 34.2. The lowest BCUT2D eigenvalue weighted by Crippen LogP contribution is -2.45. The number of hydrogen-bond donors (Lipinski definition) is 1. The number of methoxy groups -OCH3 is 2. The van der Waals surface area contributed by atoms with Crippen LogP contribution in [0.2, 0.25) is 0 Å². The summed E-state index contributed by atoms with van der Waals surface area (Å²) in [6.07, 6.45) is 0.791. The first kappa shape index (κ1) is 9.64. The minimum Gasteiger partial charge on any atom is -0.382 e. The molecule has 0 aliphatic heterocycles. The maximum atomic E-state index is 11.5. The molecule has 1 fully saturated rings. The molecular formula is C8H14O4. The van der Waals surface area contributed by atoms with Gasteiger partial charge in [0.05, 0.1) is 0 Å². The summed E-state index contributed by atoms with van der Waals surface area (Å²) in [5, 5.41) is 9.55. The van der Waals surface area contributed by atoms with E-state index in [1.165, 1.54) is 21.1 Å². The third-order valence-electron chi connectivity index (χ3n) is 2.44. The average Bonchev–Trinajstić information content (AvgIpc) is 2.27. The molecule has 0 saturated heterocycles. The van der Waals surface area contributed by atoms with Gasteiger partial charge in [-0.25, -0.2) is 0 Å². The fourth-order valence-electron chi connectivity index (χ4n) is 1.52. The highest BCUT2D eigenvalue weighted by Crippen LogP contribution is 2.36. The summed E-state index contributed by atoms with van der Waals surface area (Å²) in [7, 11) is 2.81. The van der Waals surface area contributed by atoms with Crippen LogP contribution in [-0.2, 0) is 14.3 Å². The van der Waals surface area contributed by atoms with Crippen molar-refractivity contribution in [3.8, 4) is 0 Å². The second-order valence-corrected chi connectivity index (χ2v) is 3.26. The second kappa shape index (κ2) is 2.80. The van der Waals surface area contributed by atoms with Gasteiger partial charge in [0.1, 0.15) is 5.60 Å². The number of rotatable bonds is 2. The predicted molar refractivity (Wildman–Crippen MR) is 41.6 cm³/mol. The van der Waals surface area contributed by atoms with E-state index in [-0.39, 0.29) is 5.78 Å². The minimum absolute atomic E-state index is 0.382. The van der Waals surface area contributed by atoms with E-state index in [1.807, 2.05) is 0 Å². The Bertz CT molecular complexity index is 193. The van der Waals surface area contributed by atoms with Crippen molar-refractivity contribution in [3.05, 3.63) is 0 Å². The molecule has 0 unspecified atom stereocenters. The van der Waals surface area contributed by atoms with Crippen LogP contribution in [0.4, 0.5) is 0 Å². The number of ketones is 1.